The van der Waals surface area contributed by atoms with Crippen molar-refractivity contribution in [1.82, 2.24) is 0 Å². The van der Waals surface area contributed by atoms with E-state index in [9.17, 15) is 14.4 Å². The molecule has 0 spiro atoms. The first kappa shape index (κ1) is 19.4. The van der Waals surface area contributed by atoms with Crippen molar-refractivity contribution in [2.75, 3.05) is 5.32 Å². The van der Waals surface area contributed by atoms with E-state index in [2.05, 4.69) is 5.32 Å². The smallest absolute Gasteiger partial charge is 0.342 e. The van der Waals surface area contributed by atoms with Gasteiger partial charge in [-0.1, -0.05) is 20.8 Å². The molecule has 26 heavy (non-hydrogen) atoms. The second-order valence-electron chi connectivity index (χ2n) is 7.08. The van der Waals surface area contributed by atoms with Crippen LogP contribution < -0.4 is 5.32 Å². The van der Waals surface area contributed by atoms with Gasteiger partial charge >= 0.3 is 5.97 Å². The third-order valence-electron chi connectivity index (χ3n) is 3.84. The van der Waals surface area contributed by atoms with Crippen LogP contribution in [0.3, 0.4) is 0 Å². The third-order valence-corrected chi connectivity index (χ3v) is 3.84. The normalized spacial score (nSPS) is 12.3. The Morgan fingerprint density at radius 2 is 1.69 bits per heavy atom. The minimum absolute atomic E-state index is 0.116. The quantitative estimate of drug-likeness (QED) is 0.646. The Balaban J connectivity index is 2.02. The van der Waals surface area contributed by atoms with Gasteiger partial charge in [0.1, 0.15) is 11.3 Å². The lowest BCUT2D eigenvalue weighted by atomic mass is 9.95. The lowest BCUT2D eigenvalue weighted by Crippen LogP contribution is -2.27. The highest BCUT2D eigenvalue weighted by Gasteiger charge is 2.23. The molecule has 1 aromatic heterocycles. The van der Waals surface area contributed by atoms with E-state index in [1.807, 2.05) is 20.8 Å². The topological polar surface area (TPSA) is 85.6 Å². The predicted octanol–water partition coefficient (Wildman–Crippen LogP) is 4.00. The van der Waals surface area contributed by atoms with Crippen LogP contribution >= 0.6 is 0 Å². The van der Waals surface area contributed by atoms with E-state index in [-0.39, 0.29) is 11.7 Å². The number of amides is 1. The number of nitrogens with one attached hydrogen (secondary N) is 1. The van der Waals surface area contributed by atoms with Crippen LogP contribution in [0.1, 0.15) is 54.2 Å². The summed E-state index contributed by atoms with van der Waals surface area (Å²) in [5.74, 6) is -0.609. The fraction of sp³-hybridized carbons (Fsp3) is 0.350. The van der Waals surface area contributed by atoms with Crippen molar-refractivity contribution in [3.05, 3.63) is 53.5 Å². The van der Waals surface area contributed by atoms with Gasteiger partial charge in [-0.2, -0.15) is 0 Å². The third kappa shape index (κ3) is 4.59. The van der Waals surface area contributed by atoms with Gasteiger partial charge in [0.05, 0.1) is 6.26 Å². The first-order valence-corrected chi connectivity index (χ1v) is 8.30. The number of hydrogen-bond donors (Lipinski definition) is 1. The molecule has 1 heterocycles. The maximum absolute atomic E-state index is 12.4. The molecule has 1 amide bonds. The van der Waals surface area contributed by atoms with Gasteiger partial charge in [-0.25, -0.2) is 4.79 Å². The van der Waals surface area contributed by atoms with Crippen molar-refractivity contribution in [3.63, 3.8) is 0 Å². The number of hydrogen-bond acceptors (Lipinski definition) is 5. The Kier molecular flexibility index (Phi) is 5.65. The highest BCUT2D eigenvalue weighted by atomic mass is 16.5. The maximum Gasteiger partial charge on any atom is 0.342 e. The van der Waals surface area contributed by atoms with Crippen molar-refractivity contribution in [1.29, 1.82) is 0 Å². The molecular weight excluding hydrogens is 334 g/mol. The first-order valence-electron chi connectivity index (χ1n) is 8.30. The van der Waals surface area contributed by atoms with Crippen LogP contribution in [0, 0.1) is 12.3 Å². The Bertz CT molecular complexity index is 811. The number of anilines is 1. The van der Waals surface area contributed by atoms with Crippen LogP contribution in [-0.4, -0.2) is 23.8 Å². The molecular formula is C20H23NO5. The molecule has 0 aliphatic heterocycles. The molecule has 0 saturated heterocycles. The van der Waals surface area contributed by atoms with Crippen LogP contribution in [-0.2, 0) is 9.53 Å². The van der Waals surface area contributed by atoms with Crippen LogP contribution in [0.2, 0.25) is 0 Å². The van der Waals surface area contributed by atoms with Crippen molar-refractivity contribution < 1.29 is 23.5 Å². The zero-order valence-corrected chi connectivity index (χ0v) is 15.6. The van der Waals surface area contributed by atoms with Gasteiger partial charge in [0.15, 0.2) is 6.10 Å². The van der Waals surface area contributed by atoms with Crippen LogP contribution in [0.25, 0.3) is 0 Å². The van der Waals surface area contributed by atoms with Crippen molar-refractivity contribution in [2.45, 2.75) is 40.7 Å². The average Bonchev–Trinajstić information content (AvgIpc) is 3.00. The fourth-order valence-corrected chi connectivity index (χ4v) is 2.15. The molecule has 0 radical (unpaired) electrons. The number of carbonyl (C=O) groups excluding carboxylic acids is 3. The molecule has 138 valence electrons. The average molecular weight is 357 g/mol. The van der Waals surface area contributed by atoms with Gasteiger partial charge in [0.2, 0.25) is 11.7 Å². The number of aryl methyl sites for hydroxylation is 1. The van der Waals surface area contributed by atoms with E-state index in [0.29, 0.717) is 22.6 Å². The second-order valence-corrected chi connectivity index (χ2v) is 7.08. The van der Waals surface area contributed by atoms with Crippen LogP contribution in [0.15, 0.2) is 41.0 Å². The summed E-state index contributed by atoms with van der Waals surface area (Å²) in [6.07, 6.45) is 0.454. The lowest BCUT2D eigenvalue weighted by Gasteiger charge is -2.18. The SMILES string of the molecule is Cc1occc1C(=O)O[C@H](C)C(=O)c1ccc(NC(=O)C(C)(C)C)cc1. The number of ketones is 1. The van der Waals surface area contributed by atoms with Crippen LogP contribution in [0.5, 0.6) is 0 Å². The largest absolute Gasteiger partial charge is 0.469 e. The number of ether oxygens (including phenoxy) is 1. The summed E-state index contributed by atoms with van der Waals surface area (Å²) in [5.41, 5.74) is 0.774. The maximum atomic E-state index is 12.4. The molecule has 1 atom stereocenters. The monoisotopic (exact) mass is 357 g/mol. The van der Waals surface area contributed by atoms with Crippen molar-refractivity contribution in [2.24, 2.45) is 5.41 Å². The highest BCUT2D eigenvalue weighted by molar-refractivity contribution is 6.02. The van der Waals surface area contributed by atoms with E-state index in [1.54, 1.807) is 31.2 Å². The summed E-state index contributed by atoms with van der Waals surface area (Å²) < 4.78 is 10.3. The standard InChI is InChI=1S/C20H23NO5/c1-12-16(10-11-25-12)18(23)26-13(2)17(22)14-6-8-15(9-7-14)21-19(24)20(3,4)5/h6-11,13H,1-5H3,(H,21,24)/t13-/m1/s1. The van der Waals surface area contributed by atoms with Gasteiger partial charge < -0.3 is 14.5 Å². The second kappa shape index (κ2) is 7.56. The number of furan rings is 1. The highest BCUT2D eigenvalue weighted by Crippen LogP contribution is 2.19. The molecule has 1 N–H and O–H groups in total. The minimum atomic E-state index is -0.938. The summed E-state index contributed by atoms with van der Waals surface area (Å²) in [4.78, 5) is 36.5. The van der Waals surface area contributed by atoms with E-state index in [1.165, 1.54) is 19.3 Å². The molecule has 2 rings (SSSR count). The molecule has 1 aromatic carbocycles. The summed E-state index contributed by atoms with van der Waals surface area (Å²) in [6, 6.07) is 7.97. The van der Waals surface area contributed by atoms with Gasteiger partial charge in [-0.15, -0.1) is 0 Å². The zero-order chi connectivity index (χ0) is 19.5. The molecule has 0 saturated carbocycles. The van der Waals surface area contributed by atoms with Gasteiger partial charge in [-0.05, 0) is 44.2 Å². The van der Waals surface area contributed by atoms with Gasteiger partial charge in [0, 0.05) is 16.7 Å². The molecule has 0 aliphatic rings. The fourth-order valence-electron chi connectivity index (χ4n) is 2.15. The van der Waals surface area contributed by atoms with E-state index < -0.39 is 17.5 Å². The predicted molar refractivity (Wildman–Crippen MR) is 97.2 cm³/mol. The molecule has 0 bridgehead atoms. The summed E-state index contributed by atoms with van der Waals surface area (Å²) in [7, 11) is 0. The molecule has 0 fully saturated rings. The number of esters is 1. The number of carbonyl (C=O) groups is 3. The molecule has 2 aromatic rings. The van der Waals surface area contributed by atoms with E-state index in [0.717, 1.165) is 0 Å². The number of Topliss-reactive ketones (excluding diaryl/α,β-unsaturated/α-hetero) is 1. The van der Waals surface area contributed by atoms with Gasteiger partial charge in [-0.3, -0.25) is 9.59 Å². The lowest BCUT2D eigenvalue weighted by molar-refractivity contribution is -0.123. The van der Waals surface area contributed by atoms with E-state index >= 15 is 0 Å². The zero-order valence-electron chi connectivity index (χ0n) is 15.6. The van der Waals surface area contributed by atoms with E-state index in [4.69, 9.17) is 9.15 Å². The Morgan fingerprint density at radius 3 is 2.19 bits per heavy atom. The molecule has 0 aliphatic carbocycles. The molecule has 0 unspecified atom stereocenters. The van der Waals surface area contributed by atoms with Crippen molar-refractivity contribution >= 4 is 23.3 Å². The number of rotatable bonds is 5. The summed E-state index contributed by atoms with van der Waals surface area (Å²) in [6.45, 7) is 8.62. The summed E-state index contributed by atoms with van der Waals surface area (Å²) in [5, 5.41) is 2.79. The van der Waals surface area contributed by atoms with Crippen molar-refractivity contribution in [3.8, 4) is 0 Å². The minimum Gasteiger partial charge on any atom is -0.469 e. The summed E-state index contributed by atoms with van der Waals surface area (Å²) >= 11 is 0. The van der Waals surface area contributed by atoms with Crippen LogP contribution in [0.4, 0.5) is 5.69 Å². The Morgan fingerprint density at radius 1 is 1.08 bits per heavy atom. The molecule has 6 nitrogen and oxygen atoms in total. The van der Waals surface area contributed by atoms with Gasteiger partial charge in [0.25, 0.3) is 0 Å². The Labute approximate surface area is 152 Å². The Hall–Kier alpha value is -2.89. The number of benzene rings is 1. The molecule has 6 heteroatoms. The first-order chi connectivity index (χ1) is 12.1.